The Balaban J connectivity index is 1.28. The molecule has 0 saturated carbocycles. The lowest BCUT2D eigenvalue weighted by molar-refractivity contribution is -0.117. The number of nitrogens with zero attached hydrogens (tertiary/aromatic N) is 2. The summed E-state index contributed by atoms with van der Waals surface area (Å²) in [5.74, 6) is -0.362. The molecule has 4 amide bonds. The maximum Gasteiger partial charge on any atom is 0.318 e. The minimum absolute atomic E-state index is 0.0770. The molecule has 1 saturated heterocycles. The highest BCUT2D eigenvalue weighted by Gasteiger charge is 2.27. The third-order valence-corrected chi connectivity index (χ3v) is 5.39. The number of amides is 4. The van der Waals surface area contributed by atoms with E-state index in [1.165, 1.54) is 0 Å². The summed E-state index contributed by atoms with van der Waals surface area (Å²) in [5.41, 5.74) is 2.15. The largest absolute Gasteiger partial charge is 0.351 e. The molecule has 0 radical (unpaired) electrons. The van der Waals surface area contributed by atoms with Crippen LogP contribution in [0.2, 0.25) is 0 Å². The Labute approximate surface area is 180 Å². The molecule has 1 atom stereocenters. The lowest BCUT2D eigenvalue weighted by Gasteiger charge is -2.35. The standard InChI is InChI=1S/C23H25N5O3/c1-16(21(29)25-18-8-3-2-4-9-18)24-23(31)28-13-11-27(12-14-28)22(30)20-15-17-7-5-6-10-19(17)26-20/h2-10,15-16,26H,11-14H2,1H3,(H,24,31)(H,25,29)/t16-/m0/s1. The summed E-state index contributed by atoms with van der Waals surface area (Å²) < 4.78 is 0. The first-order valence-corrected chi connectivity index (χ1v) is 10.3. The van der Waals surface area contributed by atoms with Crippen LogP contribution in [0.15, 0.2) is 60.7 Å². The molecule has 0 aliphatic carbocycles. The van der Waals surface area contributed by atoms with Crippen LogP contribution in [0.3, 0.4) is 0 Å². The number of H-pyrrole nitrogens is 1. The normalized spacial score (nSPS) is 14.9. The average molecular weight is 419 g/mol. The van der Waals surface area contributed by atoms with Gasteiger partial charge in [-0.2, -0.15) is 0 Å². The van der Waals surface area contributed by atoms with Crippen molar-refractivity contribution in [3.8, 4) is 0 Å². The lowest BCUT2D eigenvalue weighted by atomic mass is 10.2. The first kappa shape index (κ1) is 20.5. The van der Waals surface area contributed by atoms with E-state index in [1.54, 1.807) is 28.9 Å². The van der Waals surface area contributed by atoms with Gasteiger partial charge in [0.15, 0.2) is 0 Å². The number of urea groups is 1. The number of hydrogen-bond acceptors (Lipinski definition) is 3. The van der Waals surface area contributed by atoms with Crippen molar-refractivity contribution >= 4 is 34.4 Å². The average Bonchev–Trinajstić information content (AvgIpc) is 3.23. The van der Waals surface area contributed by atoms with Crippen molar-refractivity contribution in [2.75, 3.05) is 31.5 Å². The predicted molar refractivity (Wildman–Crippen MR) is 119 cm³/mol. The number of anilines is 1. The van der Waals surface area contributed by atoms with Crippen molar-refractivity contribution < 1.29 is 14.4 Å². The number of aromatic amines is 1. The van der Waals surface area contributed by atoms with Gasteiger partial charge in [0.2, 0.25) is 5.91 Å². The van der Waals surface area contributed by atoms with Crippen LogP contribution in [0.25, 0.3) is 10.9 Å². The Hall–Kier alpha value is -3.81. The van der Waals surface area contributed by atoms with E-state index < -0.39 is 6.04 Å². The molecule has 31 heavy (non-hydrogen) atoms. The zero-order valence-corrected chi connectivity index (χ0v) is 17.3. The van der Waals surface area contributed by atoms with Crippen LogP contribution < -0.4 is 10.6 Å². The molecule has 2 aromatic carbocycles. The van der Waals surface area contributed by atoms with Crippen molar-refractivity contribution in [2.24, 2.45) is 0 Å². The van der Waals surface area contributed by atoms with E-state index >= 15 is 0 Å². The number of piperazine rings is 1. The second-order valence-corrected chi connectivity index (χ2v) is 7.58. The highest BCUT2D eigenvalue weighted by molar-refractivity contribution is 5.98. The highest BCUT2D eigenvalue weighted by atomic mass is 16.2. The third kappa shape index (κ3) is 4.69. The van der Waals surface area contributed by atoms with Gasteiger partial charge in [-0.05, 0) is 31.2 Å². The molecule has 8 nitrogen and oxygen atoms in total. The van der Waals surface area contributed by atoms with Gasteiger partial charge in [-0.3, -0.25) is 9.59 Å². The topological polar surface area (TPSA) is 97.5 Å². The number of carbonyl (C=O) groups excluding carboxylic acids is 3. The molecule has 3 N–H and O–H groups in total. The monoisotopic (exact) mass is 419 g/mol. The number of fused-ring (bicyclic) bond motifs is 1. The van der Waals surface area contributed by atoms with Gasteiger partial charge in [0, 0.05) is 42.8 Å². The van der Waals surface area contributed by atoms with E-state index in [0.717, 1.165) is 10.9 Å². The molecule has 0 unspecified atom stereocenters. The first-order chi connectivity index (χ1) is 15.0. The molecule has 1 aliphatic heterocycles. The molecule has 0 spiro atoms. The van der Waals surface area contributed by atoms with Gasteiger partial charge in [-0.25, -0.2) is 4.79 Å². The van der Waals surface area contributed by atoms with Crippen LogP contribution in [-0.4, -0.2) is 64.9 Å². The fourth-order valence-corrected chi connectivity index (χ4v) is 3.59. The number of para-hydroxylation sites is 2. The minimum atomic E-state index is -0.682. The van der Waals surface area contributed by atoms with E-state index in [2.05, 4.69) is 15.6 Å². The van der Waals surface area contributed by atoms with E-state index in [0.29, 0.717) is 37.6 Å². The molecule has 8 heteroatoms. The quantitative estimate of drug-likeness (QED) is 0.606. The number of carbonyl (C=O) groups is 3. The second kappa shape index (κ2) is 8.91. The van der Waals surface area contributed by atoms with E-state index in [9.17, 15) is 14.4 Å². The van der Waals surface area contributed by atoms with Crippen LogP contribution in [0, 0.1) is 0 Å². The van der Waals surface area contributed by atoms with E-state index in [-0.39, 0.29) is 17.8 Å². The Kier molecular flexibility index (Phi) is 5.88. The summed E-state index contributed by atoms with van der Waals surface area (Å²) in [5, 5.41) is 6.49. The van der Waals surface area contributed by atoms with E-state index in [4.69, 9.17) is 0 Å². The molecule has 160 valence electrons. The third-order valence-electron chi connectivity index (χ3n) is 5.39. The van der Waals surface area contributed by atoms with Gasteiger partial charge in [-0.15, -0.1) is 0 Å². The number of rotatable bonds is 4. The minimum Gasteiger partial charge on any atom is -0.351 e. The highest BCUT2D eigenvalue weighted by Crippen LogP contribution is 2.17. The second-order valence-electron chi connectivity index (χ2n) is 7.58. The molecule has 1 aliphatic rings. The zero-order valence-electron chi connectivity index (χ0n) is 17.3. The zero-order chi connectivity index (χ0) is 21.8. The summed E-state index contributed by atoms with van der Waals surface area (Å²) >= 11 is 0. The lowest BCUT2D eigenvalue weighted by Crippen LogP contribution is -2.55. The molecule has 1 fully saturated rings. The van der Waals surface area contributed by atoms with Crippen molar-refractivity contribution in [1.82, 2.24) is 20.1 Å². The van der Waals surface area contributed by atoms with Crippen LogP contribution in [0.5, 0.6) is 0 Å². The first-order valence-electron chi connectivity index (χ1n) is 10.3. The van der Waals surface area contributed by atoms with Crippen molar-refractivity contribution in [2.45, 2.75) is 13.0 Å². The number of nitrogens with one attached hydrogen (secondary N) is 3. The van der Waals surface area contributed by atoms with Crippen LogP contribution in [-0.2, 0) is 4.79 Å². The van der Waals surface area contributed by atoms with E-state index in [1.807, 2.05) is 48.5 Å². The molecule has 2 heterocycles. The molecular formula is C23H25N5O3. The fraction of sp³-hybridized carbons (Fsp3) is 0.261. The van der Waals surface area contributed by atoms with Gasteiger partial charge in [-0.1, -0.05) is 36.4 Å². The maximum absolute atomic E-state index is 12.8. The van der Waals surface area contributed by atoms with Crippen molar-refractivity contribution in [3.05, 3.63) is 66.4 Å². The summed E-state index contributed by atoms with van der Waals surface area (Å²) in [6.07, 6.45) is 0. The molecule has 4 rings (SSSR count). The number of aromatic nitrogens is 1. The Morgan fingerprint density at radius 3 is 2.26 bits per heavy atom. The molecule has 0 bridgehead atoms. The van der Waals surface area contributed by atoms with Gasteiger partial charge in [0.1, 0.15) is 11.7 Å². The van der Waals surface area contributed by atoms with Gasteiger partial charge in [0.05, 0.1) is 0 Å². The van der Waals surface area contributed by atoms with Crippen LogP contribution in [0.4, 0.5) is 10.5 Å². The smallest absolute Gasteiger partial charge is 0.318 e. The summed E-state index contributed by atoms with van der Waals surface area (Å²) in [4.78, 5) is 44.2. The van der Waals surface area contributed by atoms with Crippen molar-refractivity contribution in [1.29, 1.82) is 0 Å². The molecular weight excluding hydrogens is 394 g/mol. The summed E-state index contributed by atoms with van der Waals surface area (Å²) in [7, 11) is 0. The summed E-state index contributed by atoms with van der Waals surface area (Å²) in [6.45, 7) is 3.33. The van der Waals surface area contributed by atoms with Crippen LogP contribution in [0.1, 0.15) is 17.4 Å². The summed E-state index contributed by atoms with van der Waals surface area (Å²) in [6, 6.07) is 17.7. The Morgan fingerprint density at radius 2 is 1.55 bits per heavy atom. The van der Waals surface area contributed by atoms with Gasteiger partial charge >= 0.3 is 6.03 Å². The Bertz CT molecular complexity index is 1050. The predicted octanol–water partition coefficient (Wildman–Crippen LogP) is 2.66. The maximum atomic E-state index is 12.8. The molecule has 1 aromatic heterocycles. The Morgan fingerprint density at radius 1 is 0.903 bits per heavy atom. The fourth-order valence-electron chi connectivity index (χ4n) is 3.59. The van der Waals surface area contributed by atoms with Gasteiger partial charge < -0.3 is 25.4 Å². The number of benzene rings is 2. The van der Waals surface area contributed by atoms with Gasteiger partial charge in [0.25, 0.3) is 5.91 Å². The SMILES string of the molecule is C[C@H](NC(=O)N1CCN(C(=O)c2cc3ccccc3[nH]2)CC1)C(=O)Nc1ccccc1. The number of hydrogen-bond donors (Lipinski definition) is 3. The molecule has 3 aromatic rings. The van der Waals surface area contributed by atoms with Crippen LogP contribution >= 0.6 is 0 Å². The van der Waals surface area contributed by atoms with Crippen molar-refractivity contribution in [3.63, 3.8) is 0 Å².